The molecule has 1 saturated carbocycles. The van der Waals surface area contributed by atoms with E-state index in [2.05, 4.69) is 22.5 Å². The van der Waals surface area contributed by atoms with Gasteiger partial charge in [0.25, 0.3) is 0 Å². The summed E-state index contributed by atoms with van der Waals surface area (Å²) in [6.45, 7) is 2.25. The lowest BCUT2D eigenvalue weighted by molar-refractivity contribution is -0.117. The van der Waals surface area contributed by atoms with Gasteiger partial charge in [0.05, 0.1) is 11.4 Å². The topological polar surface area (TPSA) is 53.8 Å². The number of carbonyl (C=O) groups is 1. The molecule has 4 heteroatoms. The van der Waals surface area contributed by atoms with Crippen LogP contribution in [0.3, 0.4) is 0 Å². The number of anilines is 1. The number of nitrogens with zero attached hydrogens (tertiary/aromatic N) is 2. The fourth-order valence-electron chi connectivity index (χ4n) is 3.71. The Morgan fingerprint density at radius 1 is 0.862 bits per heavy atom. The molecule has 0 bridgehead atoms. The van der Waals surface area contributed by atoms with Gasteiger partial charge < -0.3 is 5.32 Å². The molecule has 1 aliphatic carbocycles. The Morgan fingerprint density at radius 3 is 2.17 bits per heavy atom. The summed E-state index contributed by atoms with van der Waals surface area (Å²) >= 11 is 0. The first-order chi connectivity index (χ1) is 14.3. The summed E-state index contributed by atoms with van der Waals surface area (Å²) in [4.78, 5) is 12.4. The van der Waals surface area contributed by atoms with Crippen LogP contribution in [0.2, 0.25) is 0 Å². The number of amides is 1. The normalized spacial score (nSPS) is 18.1. The van der Waals surface area contributed by atoms with E-state index in [4.69, 9.17) is 0 Å². The molecule has 154 valence electrons. The maximum absolute atomic E-state index is 12.4. The molecule has 2 aromatic carbocycles. The van der Waals surface area contributed by atoms with Crippen molar-refractivity contribution in [3.8, 4) is 0 Å². The number of rotatable bonds is 12. The van der Waals surface area contributed by atoms with Crippen molar-refractivity contribution in [1.29, 1.82) is 0 Å². The Balaban J connectivity index is 1.34. The van der Waals surface area contributed by atoms with E-state index in [-0.39, 0.29) is 11.8 Å². The molecule has 0 spiro atoms. The van der Waals surface area contributed by atoms with Gasteiger partial charge in [-0.2, -0.15) is 10.2 Å². The van der Waals surface area contributed by atoms with Gasteiger partial charge in [-0.05, 0) is 55.2 Å². The van der Waals surface area contributed by atoms with E-state index in [9.17, 15) is 4.79 Å². The first-order valence-electron chi connectivity index (χ1n) is 11.1. The Bertz CT molecular complexity index is 770. The van der Waals surface area contributed by atoms with Crippen molar-refractivity contribution in [2.45, 2.75) is 64.7 Å². The minimum absolute atomic E-state index is 0.164. The van der Waals surface area contributed by atoms with Crippen LogP contribution in [-0.4, -0.2) is 5.91 Å². The molecule has 2 aromatic rings. The Kier molecular flexibility index (Phi) is 8.41. The number of hydrogen-bond donors (Lipinski definition) is 1. The quantitative estimate of drug-likeness (QED) is 0.291. The summed E-state index contributed by atoms with van der Waals surface area (Å²) in [5.74, 6) is 0.953. The maximum atomic E-state index is 12.4. The largest absolute Gasteiger partial charge is 0.326 e. The van der Waals surface area contributed by atoms with Gasteiger partial charge in [-0.3, -0.25) is 4.79 Å². The summed E-state index contributed by atoms with van der Waals surface area (Å²) in [6.07, 6.45) is 11.6. The van der Waals surface area contributed by atoms with Crippen LogP contribution in [0.4, 0.5) is 17.1 Å². The molecule has 4 nitrogen and oxygen atoms in total. The van der Waals surface area contributed by atoms with Crippen LogP contribution in [-0.2, 0) is 4.79 Å². The van der Waals surface area contributed by atoms with E-state index in [1.165, 1.54) is 51.4 Å². The van der Waals surface area contributed by atoms with E-state index in [0.29, 0.717) is 5.92 Å². The van der Waals surface area contributed by atoms with Gasteiger partial charge in [-0.25, -0.2) is 0 Å². The fourth-order valence-corrected chi connectivity index (χ4v) is 3.71. The molecule has 0 aliphatic heterocycles. The Hall–Kier alpha value is -2.49. The standard InChI is InChI=1S/C25H33N3O/c1-2-3-4-5-6-7-9-12-20-19-24(20)25(29)26-21-15-17-23(18-16-21)28-27-22-13-10-8-11-14-22/h8,10-11,13-18,20,24H,2-7,9,12,19H2,1H3,(H,26,29)/t20-,24+/m0/s1. The zero-order valence-electron chi connectivity index (χ0n) is 17.5. The molecule has 29 heavy (non-hydrogen) atoms. The van der Waals surface area contributed by atoms with Crippen LogP contribution in [0.15, 0.2) is 64.8 Å². The van der Waals surface area contributed by atoms with Crippen LogP contribution in [0, 0.1) is 11.8 Å². The summed E-state index contributed by atoms with van der Waals surface area (Å²) in [5.41, 5.74) is 2.43. The van der Waals surface area contributed by atoms with Gasteiger partial charge >= 0.3 is 0 Å². The predicted molar refractivity (Wildman–Crippen MR) is 120 cm³/mol. The smallest absolute Gasteiger partial charge is 0.227 e. The van der Waals surface area contributed by atoms with Crippen molar-refractivity contribution in [2.24, 2.45) is 22.1 Å². The highest BCUT2D eigenvalue weighted by Crippen LogP contribution is 2.43. The summed E-state index contributed by atoms with van der Waals surface area (Å²) < 4.78 is 0. The number of carbonyl (C=O) groups excluding carboxylic acids is 1. The van der Waals surface area contributed by atoms with Crippen LogP contribution in [0.5, 0.6) is 0 Å². The molecular formula is C25H33N3O. The van der Waals surface area contributed by atoms with E-state index >= 15 is 0 Å². The lowest BCUT2D eigenvalue weighted by Crippen LogP contribution is -2.14. The average molecular weight is 392 g/mol. The zero-order valence-corrected chi connectivity index (χ0v) is 17.5. The van der Waals surface area contributed by atoms with Gasteiger partial charge in [-0.15, -0.1) is 0 Å². The molecule has 0 saturated heterocycles. The lowest BCUT2D eigenvalue weighted by Gasteiger charge is -2.05. The molecule has 0 heterocycles. The van der Waals surface area contributed by atoms with Crippen molar-refractivity contribution >= 4 is 23.0 Å². The minimum Gasteiger partial charge on any atom is -0.326 e. The van der Waals surface area contributed by atoms with Gasteiger partial charge in [0.1, 0.15) is 0 Å². The SMILES string of the molecule is CCCCCCCCC[C@H]1C[C@H]1C(=O)Nc1ccc(N=Nc2ccccc2)cc1. The van der Waals surface area contributed by atoms with Crippen molar-refractivity contribution in [3.05, 3.63) is 54.6 Å². The van der Waals surface area contributed by atoms with Crippen molar-refractivity contribution in [2.75, 3.05) is 5.32 Å². The second kappa shape index (κ2) is 11.5. The molecule has 1 amide bonds. The Morgan fingerprint density at radius 2 is 1.48 bits per heavy atom. The van der Waals surface area contributed by atoms with Gasteiger partial charge in [0, 0.05) is 11.6 Å². The van der Waals surface area contributed by atoms with Crippen LogP contribution < -0.4 is 5.32 Å². The number of hydrogen-bond acceptors (Lipinski definition) is 3. The van der Waals surface area contributed by atoms with Gasteiger partial charge in [0.15, 0.2) is 0 Å². The summed E-state index contributed by atoms with van der Waals surface area (Å²) in [5, 5.41) is 11.5. The fraction of sp³-hybridized carbons (Fsp3) is 0.480. The third kappa shape index (κ3) is 7.45. The molecule has 1 N–H and O–H groups in total. The Labute approximate surface area is 174 Å². The van der Waals surface area contributed by atoms with Crippen LogP contribution in [0.25, 0.3) is 0 Å². The second-order valence-electron chi connectivity index (χ2n) is 8.08. The molecule has 0 unspecified atom stereocenters. The first-order valence-corrected chi connectivity index (χ1v) is 11.1. The third-order valence-electron chi connectivity index (χ3n) is 5.61. The summed E-state index contributed by atoms with van der Waals surface area (Å²) in [7, 11) is 0. The maximum Gasteiger partial charge on any atom is 0.227 e. The van der Waals surface area contributed by atoms with Gasteiger partial charge in [-0.1, -0.05) is 70.1 Å². The molecule has 1 fully saturated rings. The molecule has 1 aliphatic rings. The monoisotopic (exact) mass is 391 g/mol. The van der Waals surface area contributed by atoms with E-state index < -0.39 is 0 Å². The highest BCUT2D eigenvalue weighted by atomic mass is 16.2. The van der Waals surface area contributed by atoms with Crippen molar-refractivity contribution in [3.63, 3.8) is 0 Å². The van der Waals surface area contributed by atoms with Crippen LogP contribution >= 0.6 is 0 Å². The van der Waals surface area contributed by atoms with E-state index in [0.717, 1.165) is 23.5 Å². The molecule has 2 atom stereocenters. The van der Waals surface area contributed by atoms with Crippen molar-refractivity contribution in [1.82, 2.24) is 0 Å². The number of nitrogens with one attached hydrogen (secondary N) is 1. The summed E-state index contributed by atoms with van der Waals surface area (Å²) in [6, 6.07) is 17.2. The van der Waals surface area contributed by atoms with Crippen LogP contribution in [0.1, 0.15) is 64.7 Å². The first kappa shape index (κ1) is 21.2. The van der Waals surface area contributed by atoms with Crippen molar-refractivity contribution < 1.29 is 4.79 Å². The van der Waals surface area contributed by atoms with E-state index in [1.54, 1.807) is 0 Å². The van der Waals surface area contributed by atoms with E-state index in [1.807, 2.05) is 54.6 Å². The number of azo groups is 1. The number of unbranched alkanes of at least 4 members (excludes halogenated alkanes) is 6. The molecular weight excluding hydrogens is 358 g/mol. The molecule has 0 radical (unpaired) electrons. The molecule has 3 rings (SSSR count). The number of benzene rings is 2. The average Bonchev–Trinajstić information content (AvgIpc) is 3.53. The zero-order chi connectivity index (χ0) is 20.3. The predicted octanol–water partition coefficient (Wildman–Crippen LogP) is 7.82. The molecule has 0 aromatic heterocycles. The minimum atomic E-state index is 0.164. The third-order valence-corrected chi connectivity index (χ3v) is 5.61. The van der Waals surface area contributed by atoms with Gasteiger partial charge in [0.2, 0.25) is 5.91 Å². The second-order valence-corrected chi connectivity index (χ2v) is 8.08. The lowest BCUT2D eigenvalue weighted by atomic mass is 10.1. The highest BCUT2D eigenvalue weighted by molar-refractivity contribution is 5.94. The highest BCUT2D eigenvalue weighted by Gasteiger charge is 2.42.